The van der Waals surface area contributed by atoms with E-state index in [-0.39, 0.29) is 0 Å². The summed E-state index contributed by atoms with van der Waals surface area (Å²) < 4.78 is 0. The smallest absolute Gasteiger partial charge is 0.335 e. The Morgan fingerprint density at radius 3 is 2.60 bits per heavy atom. The van der Waals surface area contributed by atoms with Crippen LogP contribution in [0.3, 0.4) is 0 Å². The van der Waals surface area contributed by atoms with E-state index in [9.17, 15) is 4.79 Å². The molecule has 0 aliphatic carbocycles. The van der Waals surface area contributed by atoms with Crippen LogP contribution in [0, 0.1) is 0 Å². The Balaban J connectivity index is 2.39. The van der Waals surface area contributed by atoms with Crippen LogP contribution in [0.25, 0.3) is 0 Å². The molecule has 3 nitrogen and oxygen atoms in total. The lowest BCUT2D eigenvalue weighted by Gasteiger charge is -2.05. The van der Waals surface area contributed by atoms with Crippen molar-refractivity contribution in [2.45, 2.75) is 6.42 Å². The Morgan fingerprint density at radius 1 is 1.40 bits per heavy atom. The van der Waals surface area contributed by atoms with Gasteiger partial charge in [0.15, 0.2) is 0 Å². The second-order valence-electron chi connectivity index (χ2n) is 3.16. The predicted molar refractivity (Wildman–Crippen MR) is 64.9 cm³/mol. The summed E-state index contributed by atoms with van der Waals surface area (Å²) >= 11 is 1.83. The zero-order chi connectivity index (χ0) is 11.1. The van der Waals surface area contributed by atoms with Gasteiger partial charge in [-0.3, -0.25) is 0 Å². The molecule has 0 saturated carbocycles. The zero-order valence-corrected chi connectivity index (χ0v) is 9.51. The van der Waals surface area contributed by atoms with Gasteiger partial charge in [0.1, 0.15) is 0 Å². The van der Waals surface area contributed by atoms with E-state index in [1.807, 2.05) is 11.8 Å². The average Bonchev–Trinajstić information content (AvgIpc) is 2.25. The fraction of sp³-hybridized carbons (Fsp3) is 0.364. The van der Waals surface area contributed by atoms with Gasteiger partial charge in [0.05, 0.1) is 5.56 Å². The molecule has 15 heavy (non-hydrogen) atoms. The molecular weight excluding hydrogens is 210 g/mol. The second-order valence-corrected chi connectivity index (χ2v) is 4.14. The van der Waals surface area contributed by atoms with Crippen LogP contribution in [0.2, 0.25) is 0 Å². The summed E-state index contributed by atoms with van der Waals surface area (Å²) in [6.45, 7) is 0.924. The molecule has 0 bridgehead atoms. The quantitative estimate of drug-likeness (QED) is 0.730. The SMILES string of the molecule is CSCCCNc1ccc(C(=O)O)cc1. The Kier molecular flexibility index (Phi) is 5.04. The third kappa shape index (κ3) is 4.25. The highest BCUT2D eigenvalue weighted by atomic mass is 32.2. The third-order valence-electron chi connectivity index (χ3n) is 1.99. The molecule has 82 valence electrons. The van der Waals surface area contributed by atoms with Gasteiger partial charge in [-0.15, -0.1) is 0 Å². The van der Waals surface area contributed by atoms with Crippen molar-refractivity contribution in [2.24, 2.45) is 0 Å². The van der Waals surface area contributed by atoms with E-state index < -0.39 is 5.97 Å². The molecule has 0 aliphatic rings. The van der Waals surface area contributed by atoms with Gasteiger partial charge < -0.3 is 10.4 Å². The maximum Gasteiger partial charge on any atom is 0.335 e. The topological polar surface area (TPSA) is 49.3 Å². The number of nitrogens with one attached hydrogen (secondary N) is 1. The van der Waals surface area contributed by atoms with E-state index in [1.54, 1.807) is 24.3 Å². The summed E-state index contributed by atoms with van der Waals surface area (Å²) in [5, 5.41) is 11.9. The maximum absolute atomic E-state index is 10.6. The number of anilines is 1. The van der Waals surface area contributed by atoms with Crippen molar-refractivity contribution < 1.29 is 9.90 Å². The summed E-state index contributed by atoms with van der Waals surface area (Å²) in [6.07, 6.45) is 3.20. The van der Waals surface area contributed by atoms with Crippen LogP contribution in [-0.2, 0) is 0 Å². The lowest BCUT2D eigenvalue weighted by Crippen LogP contribution is -2.03. The highest BCUT2D eigenvalue weighted by Gasteiger charge is 2.00. The Labute approximate surface area is 93.9 Å². The molecule has 0 aliphatic heterocycles. The van der Waals surface area contributed by atoms with Crippen molar-refractivity contribution in [3.8, 4) is 0 Å². The van der Waals surface area contributed by atoms with E-state index >= 15 is 0 Å². The largest absolute Gasteiger partial charge is 0.478 e. The molecule has 0 aromatic heterocycles. The molecule has 0 heterocycles. The maximum atomic E-state index is 10.6. The summed E-state index contributed by atoms with van der Waals surface area (Å²) in [6, 6.07) is 6.81. The number of carboxylic acids is 1. The van der Waals surface area contributed by atoms with Gasteiger partial charge in [0.25, 0.3) is 0 Å². The van der Waals surface area contributed by atoms with Gasteiger partial charge >= 0.3 is 5.97 Å². The molecule has 0 unspecified atom stereocenters. The van der Waals surface area contributed by atoms with Gasteiger partial charge in [-0.2, -0.15) is 11.8 Å². The standard InChI is InChI=1S/C11H15NO2S/c1-15-8-2-7-12-10-5-3-9(4-6-10)11(13)14/h3-6,12H,2,7-8H2,1H3,(H,13,14). The van der Waals surface area contributed by atoms with Crippen molar-refractivity contribution in [2.75, 3.05) is 23.9 Å². The van der Waals surface area contributed by atoms with Gasteiger partial charge in [-0.05, 0) is 42.7 Å². The van der Waals surface area contributed by atoms with Gasteiger partial charge in [0.2, 0.25) is 0 Å². The van der Waals surface area contributed by atoms with Crippen LogP contribution >= 0.6 is 11.8 Å². The van der Waals surface area contributed by atoms with Gasteiger partial charge in [-0.25, -0.2) is 4.79 Å². The molecule has 2 N–H and O–H groups in total. The minimum absolute atomic E-state index is 0.324. The highest BCUT2D eigenvalue weighted by molar-refractivity contribution is 7.98. The lowest BCUT2D eigenvalue weighted by atomic mass is 10.2. The van der Waals surface area contributed by atoms with Gasteiger partial charge in [0, 0.05) is 12.2 Å². The molecule has 0 atom stereocenters. The first kappa shape index (κ1) is 11.9. The number of benzene rings is 1. The van der Waals surface area contributed by atoms with Crippen LogP contribution in [-0.4, -0.2) is 29.6 Å². The molecule has 1 rings (SSSR count). The van der Waals surface area contributed by atoms with E-state index in [0.717, 1.165) is 24.4 Å². The molecule has 0 radical (unpaired) electrons. The average molecular weight is 225 g/mol. The normalized spacial score (nSPS) is 9.93. The number of carbonyl (C=O) groups is 1. The summed E-state index contributed by atoms with van der Waals surface area (Å²) in [5.74, 6) is 0.254. The molecule has 1 aromatic rings. The molecule has 1 aromatic carbocycles. The van der Waals surface area contributed by atoms with Gasteiger partial charge in [-0.1, -0.05) is 0 Å². The van der Waals surface area contributed by atoms with Crippen LogP contribution in [0.5, 0.6) is 0 Å². The van der Waals surface area contributed by atoms with Crippen molar-refractivity contribution in [3.05, 3.63) is 29.8 Å². The number of rotatable bonds is 6. The highest BCUT2D eigenvalue weighted by Crippen LogP contribution is 2.09. The number of hydrogen-bond donors (Lipinski definition) is 2. The number of aromatic carboxylic acids is 1. The van der Waals surface area contributed by atoms with Crippen molar-refractivity contribution in [1.29, 1.82) is 0 Å². The van der Waals surface area contributed by atoms with Crippen LogP contribution in [0.1, 0.15) is 16.8 Å². The van der Waals surface area contributed by atoms with Crippen molar-refractivity contribution in [1.82, 2.24) is 0 Å². The number of hydrogen-bond acceptors (Lipinski definition) is 3. The Morgan fingerprint density at radius 2 is 2.07 bits per heavy atom. The summed E-state index contributed by atoms with van der Waals surface area (Å²) in [5.41, 5.74) is 1.30. The molecule has 0 fully saturated rings. The number of thioether (sulfide) groups is 1. The molecule has 0 spiro atoms. The van der Waals surface area contributed by atoms with E-state index in [1.165, 1.54) is 0 Å². The second kappa shape index (κ2) is 6.35. The molecule has 4 heteroatoms. The molecule has 0 amide bonds. The van der Waals surface area contributed by atoms with Crippen molar-refractivity contribution in [3.63, 3.8) is 0 Å². The third-order valence-corrected chi connectivity index (χ3v) is 2.68. The molecule has 0 saturated heterocycles. The van der Waals surface area contributed by atoms with E-state index in [4.69, 9.17) is 5.11 Å². The fourth-order valence-corrected chi connectivity index (χ4v) is 1.61. The van der Waals surface area contributed by atoms with Crippen molar-refractivity contribution >= 4 is 23.4 Å². The first-order valence-electron chi connectivity index (χ1n) is 4.80. The predicted octanol–water partition coefficient (Wildman–Crippen LogP) is 2.55. The van der Waals surface area contributed by atoms with Crippen LogP contribution < -0.4 is 5.32 Å². The lowest BCUT2D eigenvalue weighted by molar-refractivity contribution is 0.0697. The van der Waals surface area contributed by atoms with Crippen LogP contribution in [0.15, 0.2) is 24.3 Å². The monoisotopic (exact) mass is 225 g/mol. The zero-order valence-electron chi connectivity index (χ0n) is 8.69. The van der Waals surface area contributed by atoms with E-state index in [0.29, 0.717) is 5.56 Å². The first-order chi connectivity index (χ1) is 7.24. The minimum Gasteiger partial charge on any atom is -0.478 e. The summed E-state index contributed by atoms with van der Waals surface area (Å²) in [4.78, 5) is 10.6. The minimum atomic E-state index is -0.885. The van der Waals surface area contributed by atoms with Crippen LogP contribution in [0.4, 0.5) is 5.69 Å². The Hall–Kier alpha value is -1.16. The van der Waals surface area contributed by atoms with E-state index in [2.05, 4.69) is 11.6 Å². The Bertz CT molecular complexity index is 311. The summed E-state index contributed by atoms with van der Waals surface area (Å²) in [7, 11) is 0. The first-order valence-corrected chi connectivity index (χ1v) is 6.19. The number of carboxylic acid groups (broad SMARTS) is 1. The fourth-order valence-electron chi connectivity index (χ4n) is 1.18. The molecular formula is C11H15NO2S.